The largest absolute Gasteiger partial charge is 0.348 e. The molecule has 0 saturated carbocycles. The van der Waals surface area contributed by atoms with Crippen LogP contribution in [0.5, 0.6) is 0 Å². The second-order valence-corrected chi connectivity index (χ2v) is 7.09. The van der Waals surface area contributed by atoms with Crippen LogP contribution in [0, 0.1) is 0 Å². The summed E-state index contributed by atoms with van der Waals surface area (Å²) in [5.41, 5.74) is 1.90. The molecule has 3 rings (SSSR count). The fraction of sp³-hybridized carbons (Fsp3) is 0.211. The number of aromatic nitrogens is 2. The molecule has 122 valence electrons. The molecule has 0 spiro atoms. The predicted molar refractivity (Wildman–Crippen MR) is 99.0 cm³/mol. The molecule has 0 bridgehead atoms. The minimum atomic E-state index is -0.208. The van der Waals surface area contributed by atoms with E-state index >= 15 is 0 Å². The van der Waals surface area contributed by atoms with Crippen molar-refractivity contribution in [3.63, 3.8) is 0 Å². The molecule has 24 heavy (non-hydrogen) atoms. The molecule has 0 saturated heterocycles. The topological polar surface area (TPSA) is 46.1 Å². The van der Waals surface area contributed by atoms with Gasteiger partial charge in [0.1, 0.15) is 10.7 Å². The Labute approximate surface area is 145 Å². The highest BCUT2D eigenvalue weighted by Gasteiger charge is 2.19. The van der Waals surface area contributed by atoms with Gasteiger partial charge in [-0.15, -0.1) is 10.2 Å². The molecule has 2 aromatic carbocycles. The van der Waals surface area contributed by atoms with Gasteiger partial charge in [-0.3, -0.25) is 4.79 Å². The first-order valence-electron chi connectivity index (χ1n) is 7.76. The quantitative estimate of drug-likeness (QED) is 0.678. The van der Waals surface area contributed by atoms with Crippen LogP contribution in [-0.4, -0.2) is 40.3 Å². The number of benzene rings is 2. The lowest BCUT2D eigenvalue weighted by Gasteiger charge is -2.16. The molecule has 4 nitrogen and oxygen atoms in total. The van der Waals surface area contributed by atoms with Crippen LogP contribution >= 0.6 is 11.8 Å². The number of amides is 1. The van der Waals surface area contributed by atoms with Crippen LogP contribution in [0.4, 0.5) is 0 Å². The zero-order valence-electron chi connectivity index (χ0n) is 13.9. The van der Waals surface area contributed by atoms with E-state index in [-0.39, 0.29) is 11.2 Å². The maximum atomic E-state index is 12.1. The van der Waals surface area contributed by atoms with Crippen molar-refractivity contribution in [2.24, 2.45) is 0 Å². The summed E-state index contributed by atoms with van der Waals surface area (Å²) in [4.78, 5) is 13.7. The molecule has 0 aliphatic rings. The number of hydrogen-bond donors (Lipinski definition) is 0. The van der Waals surface area contributed by atoms with Crippen molar-refractivity contribution in [1.82, 2.24) is 15.1 Å². The van der Waals surface area contributed by atoms with Gasteiger partial charge in [-0.1, -0.05) is 66.4 Å². The van der Waals surface area contributed by atoms with E-state index in [1.54, 1.807) is 19.0 Å². The van der Waals surface area contributed by atoms with E-state index < -0.39 is 0 Å². The van der Waals surface area contributed by atoms with Gasteiger partial charge in [-0.2, -0.15) is 0 Å². The molecule has 0 radical (unpaired) electrons. The van der Waals surface area contributed by atoms with Crippen molar-refractivity contribution in [2.45, 2.75) is 17.2 Å². The fourth-order valence-corrected chi connectivity index (χ4v) is 3.60. The van der Waals surface area contributed by atoms with E-state index in [1.807, 2.05) is 55.5 Å². The van der Waals surface area contributed by atoms with Crippen molar-refractivity contribution in [3.8, 4) is 11.3 Å². The zero-order chi connectivity index (χ0) is 17.1. The maximum Gasteiger partial charge on any atom is 0.235 e. The van der Waals surface area contributed by atoms with Crippen molar-refractivity contribution in [2.75, 3.05) is 14.1 Å². The molecule has 0 unspecified atom stereocenters. The first-order chi connectivity index (χ1) is 11.6. The number of rotatable bonds is 4. The molecule has 1 aromatic heterocycles. The average molecular weight is 337 g/mol. The van der Waals surface area contributed by atoms with E-state index in [0.717, 1.165) is 27.1 Å². The van der Waals surface area contributed by atoms with Gasteiger partial charge in [0.2, 0.25) is 5.91 Å². The van der Waals surface area contributed by atoms with Crippen LogP contribution < -0.4 is 0 Å². The number of hydrogen-bond acceptors (Lipinski definition) is 4. The monoisotopic (exact) mass is 337 g/mol. The highest BCUT2D eigenvalue weighted by Crippen LogP contribution is 2.33. The molecule has 1 amide bonds. The van der Waals surface area contributed by atoms with Crippen LogP contribution in [0.25, 0.3) is 22.0 Å². The Kier molecular flexibility index (Phi) is 4.81. The first kappa shape index (κ1) is 16.5. The molecule has 3 aromatic rings. The van der Waals surface area contributed by atoms with Gasteiger partial charge in [0.15, 0.2) is 0 Å². The molecule has 0 aliphatic heterocycles. The minimum Gasteiger partial charge on any atom is -0.348 e. The Hall–Kier alpha value is -2.40. The first-order valence-corrected chi connectivity index (χ1v) is 8.64. The van der Waals surface area contributed by atoms with Crippen LogP contribution in [0.15, 0.2) is 59.6 Å². The Morgan fingerprint density at radius 3 is 2.25 bits per heavy atom. The van der Waals surface area contributed by atoms with Crippen molar-refractivity contribution < 1.29 is 4.79 Å². The van der Waals surface area contributed by atoms with Crippen molar-refractivity contribution in [1.29, 1.82) is 0 Å². The van der Waals surface area contributed by atoms with Gasteiger partial charge in [0, 0.05) is 30.4 Å². The molecular weight excluding hydrogens is 318 g/mol. The van der Waals surface area contributed by atoms with E-state index in [2.05, 4.69) is 16.3 Å². The summed E-state index contributed by atoms with van der Waals surface area (Å²) in [5.74, 6) is 0.0676. The normalized spacial score (nSPS) is 12.1. The molecule has 0 fully saturated rings. The average Bonchev–Trinajstić information content (AvgIpc) is 2.62. The summed E-state index contributed by atoms with van der Waals surface area (Å²) in [6.07, 6.45) is 0. The lowest BCUT2D eigenvalue weighted by atomic mass is 10.1. The van der Waals surface area contributed by atoms with E-state index in [4.69, 9.17) is 0 Å². The number of fused-ring (bicyclic) bond motifs is 1. The molecule has 5 heteroatoms. The lowest BCUT2D eigenvalue weighted by Crippen LogP contribution is -2.29. The third-order valence-electron chi connectivity index (χ3n) is 3.78. The van der Waals surface area contributed by atoms with Gasteiger partial charge in [-0.25, -0.2) is 0 Å². The third kappa shape index (κ3) is 3.26. The minimum absolute atomic E-state index is 0.0676. The SMILES string of the molecule is C[C@H](Sc1nnc(-c2ccccc2)c2ccccc12)C(=O)N(C)C. The van der Waals surface area contributed by atoms with Gasteiger partial charge in [0.25, 0.3) is 0 Å². The van der Waals surface area contributed by atoms with Gasteiger partial charge in [-0.05, 0) is 6.92 Å². The standard InChI is InChI=1S/C19H19N3OS/c1-13(19(23)22(2)3)24-18-16-12-8-7-11-15(16)17(20-21-18)14-9-5-4-6-10-14/h4-13H,1-3H3/t13-/m0/s1. The summed E-state index contributed by atoms with van der Waals surface area (Å²) in [7, 11) is 3.53. The highest BCUT2D eigenvalue weighted by molar-refractivity contribution is 8.00. The van der Waals surface area contributed by atoms with Gasteiger partial charge >= 0.3 is 0 Å². The van der Waals surface area contributed by atoms with Crippen LogP contribution in [0.1, 0.15) is 6.92 Å². The summed E-state index contributed by atoms with van der Waals surface area (Å²) < 4.78 is 0. The Morgan fingerprint density at radius 1 is 0.958 bits per heavy atom. The summed E-state index contributed by atoms with van der Waals surface area (Å²) in [5, 5.41) is 11.5. The Bertz CT molecular complexity index is 865. The predicted octanol–water partition coefficient (Wildman–Crippen LogP) is 3.87. The summed E-state index contributed by atoms with van der Waals surface area (Å²) >= 11 is 1.45. The number of nitrogens with zero attached hydrogens (tertiary/aromatic N) is 3. The Morgan fingerprint density at radius 2 is 1.58 bits per heavy atom. The molecule has 1 heterocycles. The van der Waals surface area contributed by atoms with E-state index in [1.165, 1.54) is 11.8 Å². The second kappa shape index (κ2) is 7.01. The highest BCUT2D eigenvalue weighted by atomic mass is 32.2. The fourth-order valence-electron chi connectivity index (χ4n) is 2.56. The molecule has 0 N–H and O–H groups in total. The van der Waals surface area contributed by atoms with Crippen molar-refractivity contribution in [3.05, 3.63) is 54.6 Å². The van der Waals surface area contributed by atoms with E-state index in [0.29, 0.717) is 0 Å². The number of thioether (sulfide) groups is 1. The molecular formula is C19H19N3OS. The maximum absolute atomic E-state index is 12.1. The summed E-state index contributed by atoms with van der Waals surface area (Å²) in [6, 6.07) is 18.1. The summed E-state index contributed by atoms with van der Waals surface area (Å²) in [6.45, 7) is 1.90. The number of carbonyl (C=O) groups is 1. The van der Waals surface area contributed by atoms with Crippen LogP contribution in [-0.2, 0) is 4.79 Å². The number of carbonyl (C=O) groups excluding carboxylic acids is 1. The molecule has 1 atom stereocenters. The van der Waals surface area contributed by atoms with Gasteiger partial charge in [0.05, 0.1) is 5.25 Å². The van der Waals surface area contributed by atoms with Crippen LogP contribution in [0.3, 0.4) is 0 Å². The smallest absolute Gasteiger partial charge is 0.235 e. The van der Waals surface area contributed by atoms with Crippen LogP contribution in [0.2, 0.25) is 0 Å². The van der Waals surface area contributed by atoms with E-state index in [9.17, 15) is 4.79 Å². The third-order valence-corrected chi connectivity index (χ3v) is 4.86. The van der Waals surface area contributed by atoms with Gasteiger partial charge < -0.3 is 4.90 Å². The van der Waals surface area contributed by atoms with Crippen molar-refractivity contribution >= 4 is 28.4 Å². The Balaban J connectivity index is 2.05. The zero-order valence-corrected chi connectivity index (χ0v) is 14.7. The second-order valence-electron chi connectivity index (χ2n) is 5.76. The molecule has 0 aliphatic carbocycles. The lowest BCUT2D eigenvalue weighted by molar-refractivity contribution is -0.127.